The molecule has 0 fully saturated rings. The molecular weight excluding hydrogens is 440 g/mol. The fourth-order valence-electron chi connectivity index (χ4n) is 3.56. The van der Waals surface area contributed by atoms with Crippen molar-refractivity contribution in [1.82, 2.24) is 4.57 Å². The first-order valence-corrected chi connectivity index (χ1v) is 11.1. The van der Waals surface area contributed by atoms with Crippen LogP contribution in [-0.4, -0.2) is 22.1 Å². The largest absolute Gasteiger partial charge is 0.494 e. The van der Waals surface area contributed by atoms with E-state index in [1.165, 1.54) is 6.92 Å². The Morgan fingerprint density at radius 2 is 1.85 bits per heavy atom. The normalized spacial score (nSPS) is 10.6. The molecule has 3 rings (SSSR count). The van der Waals surface area contributed by atoms with Crippen molar-refractivity contribution in [1.29, 1.82) is 5.26 Å². The average Bonchev–Trinajstić information content (AvgIpc) is 2.81. The Morgan fingerprint density at radius 1 is 1.15 bits per heavy atom. The average molecular weight is 465 g/mol. The number of ether oxygens (including phenoxy) is 1. The fraction of sp³-hybridized carbons (Fsp3) is 0.269. The molecule has 0 spiro atoms. The van der Waals surface area contributed by atoms with Gasteiger partial charge in [-0.05, 0) is 54.8 Å². The van der Waals surface area contributed by atoms with Crippen molar-refractivity contribution in [3.05, 3.63) is 91.7 Å². The minimum Gasteiger partial charge on any atom is -0.494 e. The van der Waals surface area contributed by atoms with Crippen molar-refractivity contribution in [3.8, 4) is 17.7 Å². The predicted molar refractivity (Wildman–Crippen MR) is 127 cm³/mol. The number of unbranched alkanes of at least 4 members (excludes halogenated alkanes) is 2. The summed E-state index contributed by atoms with van der Waals surface area (Å²) in [5.41, 5.74) is 0.0578. The molecule has 1 heterocycles. The maximum absolute atomic E-state index is 13.3. The lowest BCUT2D eigenvalue weighted by Gasteiger charge is -2.16. The van der Waals surface area contributed by atoms with Gasteiger partial charge in [0.05, 0.1) is 18.7 Å². The third-order valence-corrected chi connectivity index (χ3v) is 5.82. The summed E-state index contributed by atoms with van der Waals surface area (Å²) in [6, 6.07) is 15.3. The van der Waals surface area contributed by atoms with E-state index < -0.39 is 17.2 Å². The number of nitrogens with zero attached hydrogens (tertiary/aromatic N) is 2. The van der Waals surface area contributed by atoms with E-state index in [0.29, 0.717) is 28.5 Å². The van der Waals surface area contributed by atoms with Gasteiger partial charge in [0, 0.05) is 10.6 Å². The first-order valence-electron chi connectivity index (χ1n) is 10.8. The number of carbonyl (C=O) groups is 1. The van der Waals surface area contributed by atoms with Gasteiger partial charge in [0.25, 0.3) is 5.56 Å². The summed E-state index contributed by atoms with van der Waals surface area (Å²) in [6.07, 6.45) is 3.14. The quantitative estimate of drug-likeness (QED) is 0.345. The second-order valence-corrected chi connectivity index (χ2v) is 8.11. The zero-order valence-electron chi connectivity index (χ0n) is 18.6. The van der Waals surface area contributed by atoms with Crippen LogP contribution in [0.15, 0.2) is 53.3 Å². The number of rotatable bonds is 9. The van der Waals surface area contributed by atoms with Gasteiger partial charge in [0.2, 0.25) is 5.88 Å². The zero-order valence-corrected chi connectivity index (χ0v) is 19.4. The van der Waals surface area contributed by atoms with Crippen molar-refractivity contribution < 1.29 is 14.6 Å². The van der Waals surface area contributed by atoms with Gasteiger partial charge in [0.15, 0.2) is 5.78 Å². The molecule has 0 saturated heterocycles. The lowest BCUT2D eigenvalue weighted by atomic mass is 9.97. The molecule has 0 atom stereocenters. The van der Waals surface area contributed by atoms with Crippen LogP contribution < -0.4 is 10.3 Å². The summed E-state index contributed by atoms with van der Waals surface area (Å²) in [4.78, 5) is 26.2. The summed E-state index contributed by atoms with van der Waals surface area (Å²) in [6.45, 7) is 4.12. The van der Waals surface area contributed by atoms with Gasteiger partial charge >= 0.3 is 0 Å². The van der Waals surface area contributed by atoms with E-state index in [0.717, 1.165) is 23.8 Å². The number of nitriles is 1. The molecule has 170 valence electrons. The first kappa shape index (κ1) is 24.1. The third-order valence-electron chi connectivity index (χ3n) is 5.45. The number of pyridine rings is 1. The van der Waals surface area contributed by atoms with E-state index >= 15 is 0 Å². The Balaban J connectivity index is 1.98. The summed E-state index contributed by atoms with van der Waals surface area (Å²) < 4.78 is 6.69. The monoisotopic (exact) mass is 464 g/mol. The minimum absolute atomic E-state index is 0.0792. The van der Waals surface area contributed by atoms with Crippen LogP contribution in [0.3, 0.4) is 0 Å². The molecule has 7 heteroatoms. The second-order valence-electron chi connectivity index (χ2n) is 7.70. The Hall–Kier alpha value is -3.56. The van der Waals surface area contributed by atoms with Crippen molar-refractivity contribution >= 4 is 17.4 Å². The van der Waals surface area contributed by atoms with Gasteiger partial charge in [-0.25, -0.2) is 0 Å². The summed E-state index contributed by atoms with van der Waals surface area (Å²) in [7, 11) is 0. The molecule has 2 aromatic carbocycles. The van der Waals surface area contributed by atoms with E-state index in [1.807, 2.05) is 6.07 Å². The van der Waals surface area contributed by atoms with Crippen LogP contribution in [0.4, 0.5) is 0 Å². The highest BCUT2D eigenvalue weighted by Crippen LogP contribution is 2.27. The topological polar surface area (TPSA) is 92.3 Å². The molecule has 0 bridgehead atoms. The smallest absolute Gasteiger partial charge is 0.271 e. The molecule has 0 amide bonds. The Bertz CT molecular complexity index is 1260. The van der Waals surface area contributed by atoms with Crippen LogP contribution in [0.25, 0.3) is 0 Å². The highest BCUT2D eigenvalue weighted by Gasteiger charge is 2.25. The Kier molecular flexibility index (Phi) is 7.92. The lowest BCUT2D eigenvalue weighted by Crippen LogP contribution is -2.27. The SMILES string of the molecule is CCCCCOc1ccc(C(=O)c2c(C)c(C#N)c(=O)n(Cc3ccccc3Cl)c2O)cc1. The van der Waals surface area contributed by atoms with Gasteiger partial charge in [0.1, 0.15) is 17.4 Å². The predicted octanol–water partition coefficient (Wildman–Crippen LogP) is 5.24. The molecule has 0 aliphatic rings. The van der Waals surface area contributed by atoms with Crippen LogP contribution in [-0.2, 0) is 6.54 Å². The molecule has 0 aliphatic carbocycles. The number of hydrogen-bond acceptors (Lipinski definition) is 5. The molecule has 0 radical (unpaired) electrons. The number of halogens is 1. The maximum atomic E-state index is 13.3. The zero-order chi connectivity index (χ0) is 24.0. The van der Waals surface area contributed by atoms with E-state index in [-0.39, 0.29) is 23.2 Å². The Labute approximate surface area is 197 Å². The Morgan fingerprint density at radius 3 is 2.48 bits per heavy atom. The number of ketones is 1. The lowest BCUT2D eigenvalue weighted by molar-refractivity contribution is 0.103. The summed E-state index contributed by atoms with van der Waals surface area (Å²) in [5.74, 6) is -0.349. The third kappa shape index (κ3) is 5.27. The van der Waals surface area contributed by atoms with Gasteiger partial charge in [-0.2, -0.15) is 5.26 Å². The van der Waals surface area contributed by atoms with Gasteiger partial charge in [-0.1, -0.05) is 49.6 Å². The van der Waals surface area contributed by atoms with Gasteiger partial charge in [-0.3, -0.25) is 14.2 Å². The van der Waals surface area contributed by atoms with Crippen molar-refractivity contribution in [2.24, 2.45) is 0 Å². The summed E-state index contributed by atoms with van der Waals surface area (Å²) in [5, 5.41) is 20.9. The minimum atomic E-state index is -0.681. The number of carbonyl (C=O) groups excluding carboxylic acids is 1. The number of hydrogen-bond donors (Lipinski definition) is 1. The molecule has 6 nitrogen and oxygen atoms in total. The molecule has 0 saturated carbocycles. The van der Waals surface area contributed by atoms with Crippen LogP contribution in [0.2, 0.25) is 5.02 Å². The standard InChI is InChI=1S/C26H25ClN2O4/c1-3-4-7-14-33-20-12-10-18(11-13-20)24(30)23-17(2)21(15-28)25(31)29(26(23)32)16-19-8-5-6-9-22(19)27/h5-6,8-13,32H,3-4,7,14,16H2,1-2H3. The van der Waals surface area contributed by atoms with Crippen molar-refractivity contribution in [2.75, 3.05) is 6.61 Å². The highest BCUT2D eigenvalue weighted by atomic mass is 35.5. The van der Waals surface area contributed by atoms with E-state index in [2.05, 4.69) is 6.92 Å². The van der Waals surface area contributed by atoms with Crippen LogP contribution in [0.1, 0.15) is 58.8 Å². The van der Waals surface area contributed by atoms with Gasteiger partial charge in [-0.15, -0.1) is 0 Å². The first-order chi connectivity index (χ1) is 15.9. The molecular formula is C26H25ClN2O4. The number of aromatic hydroxyl groups is 1. The van der Waals surface area contributed by atoms with E-state index in [9.17, 15) is 20.0 Å². The molecule has 0 aliphatic heterocycles. The molecule has 3 aromatic rings. The highest BCUT2D eigenvalue weighted by molar-refractivity contribution is 6.31. The molecule has 1 N–H and O–H groups in total. The fourth-order valence-corrected chi connectivity index (χ4v) is 3.75. The van der Waals surface area contributed by atoms with Crippen molar-refractivity contribution in [3.63, 3.8) is 0 Å². The number of benzene rings is 2. The van der Waals surface area contributed by atoms with E-state index in [1.54, 1.807) is 48.5 Å². The van der Waals surface area contributed by atoms with Crippen LogP contribution >= 0.6 is 11.6 Å². The van der Waals surface area contributed by atoms with Crippen LogP contribution in [0.5, 0.6) is 11.6 Å². The second kappa shape index (κ2) is 10.8. The van der Waals surface area contributed by atoms with Crippen molar-refractivity contribution in [2.45, 2.75) is 39.7 Å². The maximum Gasteiger partial charge on any atom is 0.271 e. The number of aromatic nitrogens is 1. The molecule has 0 unspecified atom stereocenters. The molecule has 33 heavy (non-hydrogen) atoms. The van der Waals surface area contributed by atoms with Gasteiger partial charge < -0.3 is 9.84 Å². The molecule has 1 aromatic heterocycles. The van der Waals surface area contributed by atoms with E-state index in [4.69, 9.17) is 16.3 Å². The van der Waals surface area contributed by atoms with Crippen LogP contribution in [0, 0.1) is 18.3 Å². The summed E-state index contributed by atoms with van der Waals surface area (Å²) >= 11 is 6.21.